The van der Waals surface area contributed by atoms with Crippen LogP contribution in [0, 0.1) is 5.41 Å². The monoisotopic (exact) mass is 357 g/mol. The standard InChI is InChI=1S/C21H31N3O2/c1-16(25)18-7-4-8-19(22-18)23-13-11-21(12-14-23)10-9-20(26)24(15-21)17-5-2-3-6-17/h4,7-8,16-17,25H,2-3,5-6,9-15H2,1H3. The van der Waals surface area contributed by atoms with Crippen molar-refractivity contribution in [2.24, 2.45) is 5.41 Å². The molecule has 3 aliphatic rings. The van der Waals surface area contributed by atoms with E-state index >= 15 is 0 Å². The van der Waals surface area contributed by atoms with Crippen molar-refractivity contribution in [3.05, 3.63) is 23.9 Å². The molecule has 0 radical (unpaired) electrons. The summed E-state index contributed by atoms with van der Waals surface area (Å²) in [5.41, 5.74) is 1.04. The molecule has 4 rings (SSSR count). The Hall–Kier alpha value is -1.62. The highest BCUT2D eigenvalue weighted by atomic mass is 16.3. The molecule has 0 aromatic carbocycles. The van der Waals surface area contributed by atoms with Crippen LogP contribution in [-0.2, 0) is 4.79 Å². The topological polar surface area (TPSA) is 56.7 Å². The zero-order valence-electron chi connectivity index (χ0n) is 15.9. The number of carbonyl (C=O) groups is 1. The van der Waals surface area contributed by atoms with Crippen molar-refractivity contribution in [1.29, 1.82) is 0 Å². The Morgan fingerprint density at radius 3 is 2.62 bits per heavy atom. The maximum absolute atomic E-state index is 12.5. The zero-order chi connectivity index (χ0) is 18.1. The molecule has 26 heavy (non-hydrogen) atoms. The number of hydrogen-bond acceptors (Lipinski definition) is 4. The van der Waals surface area contributed by atoms with Gasteiger partial charge in [0.1, 0.15) is 5.82 Å². The fourth-order valence-corrected chi connectivity index (χ4v) is 5.06. The number of aliphatic hydroxyl groups excluding tert-OH is 1. The number of aliphatic hydroxyl groups is 1. The number of likely N-dealkylation sites (tertiary alicyclic amines) is 1. The lowest BCUT2D eigenvalue weighted by Gasteiger charge is -2.49. The van der Waals surface area contributed by atoms with E-state index in [-0.39, 0.29) is 0 Å². The van der Waals surface area contributed by atoms with Crippen LogP contribution in [0.25, 0.3) is 0 Å². The molecule has 1 aromatic heterocycles. The van der Waals surface area contributed by atoms with E-state index in [4.69, 9.17) is 0 Å². The van der Waals surface area contributed by atoms with Gasteiger partial charge in [0.25, 0.3) is 0 Å². The summed E-state index contributed by atoms with van der Waals surface area (Å²) in [6.45, 7) is 4.70. The van der Waals surface area contributed by atoms with Gasteiger partial charge >= 0.3 is 0 Å². The lowest BCUT2D eigenvalue weighted by Crippen LogP contribution is -2.54. The average molecular weight is 357 g/mol. The van der Waals surface area contributed by atoms with Gasteiger partial charge in [-0.25, -0.2) is 4.98 Å². The number of piperidine rings is 2. The summed E-state index contributed by atoms with van der Waals surface area (Å²) in [6, 6.07) is 6.41. The van der Waals surface area contributed by atoms with E-state index in [1.807, 2.05) is 18.2 Å². The number of nitrogens with zero attached hydrogens (tertiary/aromatic N) is 3. The van der Waals surface area contributed by atoms with E-state index in [0.717, 1.165) is 56.8 Å². The first-order valence-electron chi connectivity index (χ1n) is 10.3. The molecule has 5 heteroatoms. The molecule has 5 nitrogen and oxygen atoms in total. The van der Waals surface area contributed by atoms with Crippen molar-refractivity contribution in [3.63, 3.8) is 0 Å². The van der Waals surface area contributed by atoms with Crippen LogP contribution in [0.3, 0.4) is 0 Å². The minimum Gasteiger partial charge on any atom is -0.387 e. The van der Waals surface area contributed by atoms with E-state index in [9.17, 15) is 9.90 Å². The van der Waals surface area contributed by atoms with Crippen molar-refractivity contribution in [2.45, 2.75) is 70.4 Å². The van der Waals surface area contributed by atoms with Crippen molar-refractivity contribution in [2.75, 3.05) is 24.5 Å². The number of hydrogen-bond donors (Lipinski definition) is 1. The molecule has 3 fully saturated rings. The molecule has 1 N–H and O–H groups in total. The summed E-state index contributed by atoms with van der Waals surface area (Å²) in [5.74, 6) is 1.36. The molecule has 0 bridgehead atoms. The number of carbonyl (C=O) groups excluding carboxylic acids is 1. The fourth-order valence-electron chi connectivity index (χ4n) is 5.06. The first-order chi connectivity index (χ1) is 12.6. The van der Waals surface area contributed by atoms with Crippen LogP contribution in [-0.4, -0.2) is 46.6 Å². The van der Waals surface area contributed by atoms with Gasteiger partial charge in [-0.1, -0.05) is 18.9 Å². The van der Waals surface area contributed by atoms with Gasteiger partial charge in [0.15, 0.2) is 0 Å². The lowest BCUT2D eigenvalue weighted by atomic mass is 9.72. The number of pyridine rings is 1. The van der Waals surface area contributed by atoms with Crippen LogP contribution in [0.4, 0.5) is 5.82 Å². The fraction of sp³-hybridized carbons (Fsp3) is 0.714. The van der Waals surface area contributed by atoms with Gasteiger partial charge in [-0.15, -0.1) is 0 Å². The Morgan fingerprint density at radius 2 is 1.92 bits per heavy atom. The SMILES string of the molecule is CC(O)c1cccc(N2CCC3(CCC(=O)N(C4CCCC4)C3)CC2)n1. The highest BCUT2D eigenvalue weighted by molar-refractivity contribution is 5.77. The van der Waals surface area contributed by atoms with Crippen LogP contribution in [0.2, 0.25) is 0 Å². The molecule has 3 heterocycles. The van der Waals surface area contributed by atoms with Crippen molar-refractivity contribution >= 4 is 11.7 Å². The molecule has 1 spiro atoms. The summed E-state index contributed by atoms with van der Waals surface area (Å²) >= 11 is 0. The average Bonchev–Trinajstić information content (AvgIpc) is 3.19. The number of aromatic nitrogens is 1. The Balaban J connectivity index is 1.42. The molecule has 1 aliphatic carbocycles. The van der Waals surface area contributed by atoms with E-state index in [0.29, 0.717) is 17.4 Å². The summed E-state index contributed by atoms with van der Waals surface area (Å²) < 4.78 is 0. The van der Waals surface area contributed by atoms with Crippen molar-refractivity contribution in [3.8, 4) is 0 Å². The Labute approximate surface area is 156 Å². The maximum atomic E-state index is 12.5. The molecular formula is C21H31N3O2. The quantitative estimate of drug-likeness (QED) is 0.902. The minimum absolute atomic E-state index is 0.300. The number of amides is 1. The smallest absolute Gasteiger partial charge is 0.222 e. The summed E-state index contributed by atoms with van der Waals surface area (Å²) in [6.07, 6.45) is 8.45. The predicted molar refractivity (Wildman–Crippen MR) is 102 cm³/mol. The van der Waals surface area contributed by atoms with Gasteiger partial charge in [0.05, 0.1) is 11.8 Å². The third-order valence-electron chi connectivity index (χ3n) is 6.79. The van der Waals surface area contributed by atoms with E-state index in [1.54, 1.807) is 6.92 Å². The van der Waals surface area contributed by atoms with E-state index in [1.165, 1.54) is 25.7 Å². The van der Waals surface area contributed by atoms with Gasteiger partial charge in [0, 0.05) is 32.1 Å². The van der Waals surface area contributed by atoms with Gasteiger partial charge in [0.2, 0.25) is 5.91 Å². The van der Waals surface area contributed by atoms with Crippen molar-refractivity contribution < 1.29 is 9.90 Å². The molecule has 1 amide bonds. The van der Waals surface area contributed by atoms with Crippen LogP contribution in [0.1, 0.15) is 70.1 Å². The van der Waals surface area contributed by atoms with Crippen molar-refractivity contribution in [1.82, 2.24) is 9.88 Å². The normalized spacial score (nSPS) is 25.1. The highest BCUT2D eigenvalue weighted by Crippen LogP contribution is 2.42. The molecular weight excluding hydrogens is 326 g/mol. The molecule has 1 saturated carbocycles. The second kappa shape index (κ2) is 7.18. The van der Waals surface area contributed by atoms with E-state index in [2.05, 4.69) is 14.8 Å². The summed E-state index contributed by atoms with van der Waals surface area (Å²) in [4.78, 5) is 21.7. The molecule has 2 saturated heterocycles. The number of anilines is 1. The lowest BCUT2D eigenvalue weighted by molar-refractivity contribution is -0.141. The third-order valence-corrected chi connectivity index (χ3v) is 6.79. The van der Waals surface area contributed by atoms with Gasteiger partial charge < -0.3 is 14.9 Å². The van der Waals surface area contributed by atoms with Gasteiger partial charge in [-0.05, 0) is 56.6 Å². The first-order valence-corrected chi connectivity index (χ1v) is 10.3. The Morgan fingerprint density at radius 1 is 1.19 bits per heavy atom. The summed E-state index contributed by atoms with van der Waals surface area (Å²) in [5, 5.41) is 9.78. The first kappa shape index (κ1) is 17.8. The highest BCUT2D eigenvalue weighted by Gasteiger charge is 2.43. The predicted octanol–water partition coefficient (Wildman–Crippen LogP) is 3.29. The van der Waals surface area contributed by atoms with Gasteiger partial charge in [-0.2, -0.15) is 0 Å². The largest absolute Gasteiger partial charge is 0.387 e. The second-order valence-corrected chi connectivity index (χ2v) is 8.54. The Kier molecular flexibility index (Phi) is 4.91. The molecule has 1 atom stereocenters. The Bertz CT molecular complexity index is 646. The minimum atomic E-state index is -0.532. The molecule has 142 valence electrons. The third kappa shape index (κ3) is 3.46. The van der Waals surface area contributed by atoms with Gasteiger partial charge in [-0.3, -0.25) is 4.79 Å². The van der Waals surface area contributed by atoms with Crippen LogP contribution >= 0.6 is 0 Å². The number of rotatable bonds is 3. The van der Waals surface area contributed by atoms with Crippen LogP contribution in [0.15, 0.2) is 18.2 Å². The van der Waals surface area contributed by atoms with Crippen LogP contribution < -0.4 is 4.90 Å². The maximum Gasteiger partial charge on any atom is 0.222 e. The summed E-state index contributed by atoms with van der Waals surface area (Å²) in [7, 11) is 0. The second-order valence-electron chi connectivity index (χ2n) is 8.54. The molecule has 2 aliphatic heterocycles. The zero-order valence-corrected chi connectivity index (χ0v) is 15.9. The molecule has 1 aromatic rings. The van der Waals surface area contributed by atoms with E-state index < -0.39 is 6.10 Å². The molecule has 1 unspecified atom stereocenters. The van der Waals surface area contributed by atoms with Crippen LogP contribution in [0.5, 0.6) is 0 Å².